The van der Waals surface area contributed by atoms with E-state index in [1.54, 1.807) is 0 Å². The van der Waals surface area contributed by atoms with E-state index in [0.29, 0.717) is 0 Å². The molecule has 48 heavy (non-hydrogen) atoms. The van der Waals surface area contributed by atoms with E-state index in [1.165, 1.54) is 60.5 Å². The van der Waals surface area contributed by atoms with Crippen molar-refractivity contribution in [1.82, 2.24) is 4.57 Å². The Balaban J connectivity index is 1.24. The van der Waals surface area contributed by atoms with Crippen LogP contribution in [0, 0.1) is 0 Å². The first kappa shape index (κ1) is 27.9. The molecular formula is C46H32N2. The zero-order chi connectivity index (χ0) is 31.9. The highest BCUT2D eigenvalue weighted by molar-refractivity contribution is 6.11. The maximum Gasteiger partial charge on any atom is 0.0541 e. The SMILES string of the molecule is c1ccc(-c2ccc(N(c3ccccc3)c3ccc(-c4ccccc4-n4c5ccccc5c5ccccc54)c4ccccc34)cc2)cc1. The monoisotopic (exact) mass is 612 g/mol. The van der Waals surface area contributed by atoms with Crippen molar-refractivity contribution in [3.63, 3.8) is 0 Å². The lowest BCUT2D eigenvalue weighted by Crippen LogP contribution is -2.10. The fourth-order valence-corrected chi connectivity index (χ4v) is 7.23. The van der Waals surface area contributed by atoms with Crippen molar-refractivity contribution < 1.29 is 0 Å². The number of anilines is 3. The molecule has 0 radical (unpaired) electrons. The minimum atomic E-state index is 1.12. The number of rotatable bonds is 6. The van der Waals surface area contributed by atoms with Crippen molar-refractivity contribution in [1.29, 1.82) is 0 Å². The minimum Gasteiger partial charge on any atom is -0.310 e. The topological polar surface area (TPSA) is 8.17 Å². The van der Waals surface area contributed by atoms with Crippen molar-refractivity contribution in [2.45, 2.75) is 0 Å². The molecule has 0 unspecified atom stereocenters. The van der Waals surface area contributed by atoms with E-state index in [4.69, 9.17) is 0 Å². The van der Waals surface area contributed by atoms with Crippen molar-refractivity contribution in [2.75, 3.05) is 4.90 Å². The molecule has 0 saturated heterocycles. The molecule has 0 saturated carbocycles. The molecule has 0 aliphatic heterocycles. The smallest absolute Gasteiger partial charge is 0.0541 e. The molecule has 8 aromatic carbocycles. The van der Waals surface area contributed by atoms with Gasteiger partial charge in [-0.05, 0) is 70.6 Å². The number of hydrogen-bond donors (Lipinski definition) is 0. The molecule has 0 aliphatic rings. The van der Waals surface area contributed by atoms with E-state index in [0.717, 1.165) is 17.1 Å². The first-order valence-electron chi connectivity index (χ1n) is 16.5. The summed E-state index contributed by atoms with van der Waals surface area (Å²) in [5.41, 5.74) is 11.8. The van der Waals surface area contributed by atoms with Gasteiger partial charge in [0.1, 0.15) is 0 Å². The molecular weight excluding hydrogens is 581 g/mol. The van der Waals surface area contributed by atoms with Crippen LogP contribution >= 0.6 is 0 Å². The van der Waals surface area contributed by atoms with Crippen LogP contribution in [0.5, 0.6) is 0 Å². The van der Waals surface area contributed by atoms with Gasteiger partial charge in [-0.25, -0.2) is 0 Å². The molecule has 0 N–H and O–H groups in total. The summed E-state index contributed by atoms with van der Waals surface area (Å²) in [4.78, 5) is 2.37. The van der Waals surface area contributed by atoms with Gasteiger partial charge in [0, 0.05) is 33.1 Å². The number of fused-ring (bicyclic) bond motifs is 4. The average Bonchev–Trinajstić information content (AvgIpc) is 3.50. The third-order valence-electron chi connectivity index (χ3n) is 9.40. The van der Waals surface area contributed by atoms with Gasteiger partial charge in [-0.2, -0.15) is 0 Å². The van der Waals surface area contributed by atoms with Crippen molar-refractivity contribution in [2.24, 2.45) is 0 Å². The fraction of sp³-hybridized carbons (Fsp3) is 0. The van der Waals surface area contributed by atoms with Gasteiger partial charge < -0.3 is 9.47 Å². The number of hydrogen-bond acceptors (Lipinski definition) is 1. The van der Waals surface area contributed by atoms with Crippen LogP contribution in [0.25, 0.3) is 60.5 Å². The van der Waals surface area contributed by atoms with Crippen LogP contribution in [-0.2, 0) is 0 Å². The molecule has 2 nitrogen and oxygen atoms in total. The highest BCUT2D eigenvalue weighted by Crippen LogP contribution is 2.44. The Morgan fingerprint density at radius 3 is 1.50 bits per heavy atom. The van der Waals surface area contributed by atoms with E-state index >= 15 is 0 Å². The molecule has 1 aromatic heterocycles. The summed E-state index contributed by atoms with van der Waals surface area (Å²) in [7, 11) is 0. The minimum absolute atomic E-state index is 1.12. The van der Waals surface area contributed by atoms with Gasteiger partial charge >= 0.3 is 0 Å². The highest BCUT2D eigenvalue weighted by Gasteiger charge is 2.20. The largest absolute Gasteiger partial charge is 0.310 e. The fourth-order valence-electron chi connectivity index (χ4n) is 7.23. The second-order valence-corrected chi connectivity index (χ2v) is 12.1. The molecule has 1 heterocycles. The molecule has 9 aromatic rings. The average molecular weight is 613 g/mol. The highest BCUT2D eigenvalue weighted by atomic mass is 15.1. The second kappa shape index (κ2) is 11.8. The quantitative estimate of drug-likeness (QED) is 0.181. The lowest BCUT2D eigenvalue weighted by atomic mass is 9.95. The maximum absolute atomic E-state index is 2.42. The van der Waals surface area contributed by atoms with E-state index < -0.39 is 0 Å². The third-order valence-corrected chi connectivity index (χ3v) is 9.40. The predicted octanol–water partition coefficient (Wildman–Crippen LogP) is 12.7. The second-order valence-electron chi connectivity index (χ2n) is 12.1. The van der Waals surface area contributed by atoms with E-state index in [2.05, 4.69) is 204 Å². The van der Waals surface area contributed by atoms with Gasteiger partial charge in [0.15, 0.2) is 0 Å². The predicted molar refractivity (Wildman–Crippen MR) is 204 cm³/mol. The number of nitrogens with zero attached hydrogens (tertiary/aromatic N) is 2. The first-order chi connectivity index (χ1) is 23.8. The van der Waals surface area contributed by atoms with Crippen LogP contribution in [0.15, 0.2) is 194 Å². The Hall–Kier alpha value is -6.38. The molecule has 0 amide bonds. The Labute approximate surface area is 280 Å². The molecule has 0 fully saturated rings. The maximum atomic E-state index is 2.42. The van der Waals surface area contributed by atoms with Crippen molar-refractivity contribution >= 4 is 49.6 Å². The van der Waals surface area contributed by atoms with Crippen molar-refractivity contribution in [3.05, 3.63) is 194 Å². The molecule has 9 rings (SSSR count). The molecule has 0 aliphatic carbocycles. The standard InChI is InChI=1S/C46H32N2/c1-3-15-33(16-4-1)34-27-29-36(30-28-34)47(35-17-5-2-6-18-35)46-32-31-38(37-19-7-8-20-39(37)46)40-21-9-12-24-43(40)48-44-25-13-10-22-41(44)42-23-11-14-26-45(42)48/h1-32H. The summed E-state index contributed by atoms with van der Waals surface area (Å²) in [6.07, 6.45) is 0. The van der Waals surface area contributed by atoms with Crippen LogP contribution in [0.3, 0.4) is 0 Å². The zero-order valence-electron chi connectivity index (χ0n) is 26.4. The van der Waals surface area contributed by atoms with Crippen molar-refractivity contribution in [3.8, 4) is 27.9 Å². The van der Waals surface area contributed by atoms with Crippen LogP contribution in [0.1, 0.15) is 0 Å². The molecule has 2 heteroatoms. The zero-order valence-corrected chi connectivity index (χ0v) is 26.4. The van der Waals surface area contributed by atoms with E-state index in [1.807, 2.05) is 0 Å². The lowest BCUT2D eigenvalue weighted by molar-refractivity contribution is 1.18. The summed E-state index contributed by atoms with van der Waals surface area (Å²) in [6.45, 7) is 0. The van der Waals surface area contributed by atoms with Gasteiger partial charge in [0.25, 0.3) is 0 Å². The lowest BCUT2D eigenvalue weighted by Gasteiger charge is -2.28. The van der Waals surface area contributed by atoms with E-state index in [-0.39, 0.29) is 0 Å². The summed E-state index contributed by atoms with van der Waals surface area (Å²) in [5, 5.41) is 4.94. The van der Waals surface area contributed by atoms with Gasteiger partial charge in [-0.15, -0.1) is 0 Å². The first-order valence-corrected chi connectivity index (χ1v) is 16.5. The molecule has 0 spiro atoms. The van der Waals surface area contributed by atoms with Gasteiger partial charge in [0.2, 0.25) is 0 Å². The van der Waals surface area contributed by atoms with Gasteiger partial charge in [-0.1, -0.05) is 146 Å². The van der Waals surface area contributed by atoms with Crippen LogP contribution in [0.4, 0.5) is 17.1 Å². The molecule has 0 atom stereocenters. The summed E-state index contributed by atoms with van der Waals surface area (Å²) >= 11 is 0. The van der Waals surface area contributed by atoms with Gasteiger partial charge in [0.05, 0.1) is 22.4 Å². The normalized spacial score (nSPS) is 11.3. The van der Waals surface area contributed by atoms with Gasteiger partial charge in [-0.3, -0.25) is 0 Å². The van der Waals surface area contributed by atoms with Crippen LogP contribution in [-0.4, -0.2) is 4.57 Å². The number of benzene rings is 8. The Morgan fingerprint density at radius 2 is 0.812 bits per heavy atom. The Kier molecular flexibility index (Phi) is 6.84. The molecule has 0 bridgehead atoms. The molecule has 226 valence electrons. The summed E-state index contributed by atoms with van der Waals surface area (Å²) in [5.74, 6) is 0. The summed E-state index contributed by atoms with van der Waals surface area (Å²) in [6, 6.07) is 69.8. The Bertz CT molecular complexity index is 2490. The van der Waals surface area contributed by atoms with E-state index in [9.17, 15) is 0 Å². The number of aromatic nitrogens is 1. The third kappa shape index (κ3) is 4.66. The summed E-state index contributed by atoms with van der Waals surface area (Å²) < 4.78 is 2.42. The number of para-hydroxylation sites is 4. The Morgan fingerprint density at radius 1 is 0.312 bits per heavy atom. The van der Waals surface area contributed by atoms with Crippen LogP contribution in [0.2, 0.25) is 0 Å². The van der Waals surface area contributed by atoms with Crippen LogP contribution < -0.4 is 4.90 Å².